The molecule has 4 nitrogen and oxygen atoms in total. The normalized spacial score (nSPS) is 12.7. The molecule has 5 heteroatoms. The highest BCUT2D eigenvalue weighted by atomic mass is 35.5. The first-order valence-electron chi connectivity index (χ1n) is 4.62. The van der Waals surface area contributed by atoms with Gasteiger partial charge in [-0.3, -0.25) is 0 Å². The number of nitrogens with two attached hydrogens (primary N) is 1. The van der Waals surface area contributed by atoms with Crippen LogP contribution in [0.4, 0.5) is 0 Å². The number of hydrogen-bond donors (Lipinski definition) is 2. The van der Waals surface area contributed by atoms with Gasteiger partial charge < -0.3 is 15.6 Å². The maximum absolute atomic E-state index is 11.0. The van der Waals surface area contributed by atoms with Crippen LogP contribution in [0.2, 0.25) is 5.02 Å². The van der Waals surface area contributed by atoms with Crippen molar-refractivity contribution in [1.82, 2.24) is 0 Å². The Balaban J connectivity index is 2.49. The summed E-state index contributed by atoms with van der Waals surface area (Å²) < 4.78 is 4.69. The van der Waals surface area contributed by atoms with Crippen molar-refractivity contribution in [3.8, 4) is 0 Å². The number of carbonyl (C=O) groups excluding carboxylic acids is 1. The molecular weight excluding hydrogens is 230 g/mol. The molecule has 0 heterocycles. The Hall–Kier alpha value is -1.36. The van der Waals surface area contributed by atoms with Gasteiger partial charge in [-0.05, 0) is 23.8 Å². The largest absolute Gasteiger partial charge is 0.433 e. The molecule has 0 spiro atoms. The number of carbonyl (C=O) groups is 1. The number of hydrogen-bond acceptors (Lipinski definition) is 4. The van der Waals surface area contributed by atoms with Crippen molar-refractivity contribution in [1.29, 1.82) is 0 Å². The summed E-state index contributed by atoms with van der Waals surface area (Å²) in [6.07, 6.45) is 2.82. The highest BCUT2D eigenvalue weighted by Crippen LogP contribution is 2.10. The van der Waals surface area contributed by atoms with Crippen molar-refractivity contribution in [2.45, 2.75) is 6.04 Å². The Bertz CT molecular complexity index is 375. The second-order valence-corrected chi connectivity index (χ2v) is 3.52. The van der Waals surface area contributed by atoms with E-state index in [2.05, 4.69) is 0 Å². The van der Waals surface area contributed by atoms with Gasteiger partial charge in [-0.25, -0.2) is 4.79 Å². The molecule has 0 saturated carbocycles. The number of rotatable bonds is 4. The summed E-state index contributed by atoms with van der Waals surface area (Å²) in [5.74, 6) is -0.673. The highest BCUT2D eigenvalue weighted by Gasteiger charge is 2.11. The van der Waals surface area contributed by atoms with Crippen molar-refractivity contribution in [2.75, 3.05) is 6.61 Å². The van der Waals surface area contributed by atoms with Crippen LogP contribution in [0.3, 0.4) is 0 Å². The lowest BCUT2D eigenvalue weighted by molar-refractivity contribution is -0.140. The molecule has 0 unspecified atom stereocenters. The average molecular weight is 242 g/mol. The first-order valence-corrected chi connectivity index (χ1v) is 5.00. The van der Waals surface area contributed by atoms with Gasteiger partial charge in [0.05, 0.1) is 12.9 Å². The van der Waals surface area contributed by atoms with Gasteiger partial charge >= 0.3 is 5.97 Å². The maximum Gasteiger partial charge on any atom is 0.330 e. The Labute approximate surface area is 98.3 Å². The van der Waals surface area contributed by atoms with Gasteiger partial charge in [0, 0.05) is 5.02 Å². The molecule has 1 aromatic carbocycles. The predicted octanol–water partition coefficient (Wildman–Crippen LogP) is 1.17. The van der Waals surface area contributed by atoms with Crippen molar-refractivity contribution in [3.63, 3.8) is 0 Å². The molecule has 0 aromatic heterocycles. The van der Waals surface area contributed by atoms with E-state index in [1.807, 2.05) is 0 Å². The Morgan fingerprint density at radius 3 is 2.69 bits per heavy atom. The van der Waals surface area contributed by atoms with E-state index < -0.39 is 18.6 Å². The van der Waals surface area contributed by atoms with Crippen molar-refractivity contribution < 1.29 is 14.6 Å². The smallest absolute Gasteiger partial charge is 0.330 e. The average Bonchev–Trinajstić information content (AvgIpc) is 2.30. The van der Waals surface area contributed by atoms with Crippen LogP contribution in [-0.4, -0.2) is 23.7 Å². The molecule has 0 aliphatic heterocycles. The number of benzene rings is 1. The number of aliphatic hydroxyl groups is 1. The third-order valence-electron chi connectivity index (χ3n) is 1.81. The quantitative estimate of drug-likeness (QED) is 0.613. The number of aliphatic hydroxyl groups excluding tert-OH is 1. The molecule has 0 saturated heterocycles. The van der Waals surface area contributed by atoms with Gasteiger partial charge in [0.2, 0.25) is 0 Å². The topological polar surface area (TPSA) is 72.5 Å². The minimum absolute atomic E-state index is 0.437. The SMILES string of the molecule is N[C@@H](CO)C(=O)OC=Cc1ccc(Cl)cc1. The van der Waals surface area contributed by atoms with Crippen LogP contribution in [0, 0.1) is 0 Å². The van der Waals surface area contributed by atoms with Gasteiger partial charge in [-0.15, -0.1) is 0 Å². The first-order chi connectivity index (χ1) is 7.63. The summed E-state index contributed by atoms with van der Waals surface area (Å²) in [5, 5.41) is 9.22. The molecule has 0 bridgehead atoms. The summed E-state index contributed by atoms with van der Waals surface area (Å²) in [5.41, 5.74) is 6.08. The van der Waals surface area contributed by atoms with Crippen LogP contribution >= 0.6 is 11.6 Å². The van der Waals surface area contributed by atoms with E-state index in [4.69, 9.17) is 27.2 Å². The fourth-order valence-electron chi connectivity index (χ4n) is 0.915. The van der Waals surface area contributed by atoms with Gasteiger partial charge in [0.15, 0.2) is 0 Å². The Kier molecular flexibility index (Phi) is 4.98. The van der Waals surface area contributed by atoms with Crippen molar-refractivity contribution in [3.05, 3.63) is 41.1 Å². The lowest BCUT2D eigenvalue weighted by Crippen LogP contribution is -2.34. The minimum atomic E-state index is -1.00. The number of halogens is 1. The molecule has 3 N–H and O–H groups in total. The summed E-state index contributed by atoms with van der Waals surface area (Å²) >= 11 is 5.70. The van der Waals surface area contributed by atoms with Crippen LogP contribution in [0.1, 0.15) is 5.56 Å². The first kappa shape index (κ1) is 12.7. The maximum atomic E-state index is 11.0. The van der Waals surface area contributed by atoms with Crippen LogP contribution in [0.15, 0.2) is 30.5 Å². The lowest BCUT2D eigenvalue weighted by atomic mass is 10.2. The number of ether oxygens (including phenoxy) is 1. The Morgan fingerprint density at radius 1 is 1.50 bits per heavy atom. The van der Waals surface area contributed by atoms with E-state index in [1.54, 1.807) is 30.3 Å². The third kappa shape index (κ3) is 4.02. The van der Waals surface area contributed by atoms with E-state index in [0.29, 0.717) is 5.02 Å². The molecule has 0 aliphatic carbocycles. The molecule has 0 amide bonds. The zero-order valence-corrected chi connectivity index (χ0v) is 9.22. The Morgan fingerprint density at radius 2 is 2.12 bits per heavy atom. The molecule has 1 atom stereocenters. The van der Waals surface area contributed by atoms with Crippen LogP contribution in [-0.2, 0) is 9.53 Å². The van der Waals surface area contributed by atoms with Crippen molar-refractivity contribution >= 4 is 23.6 Å². The van der Waals surface area contributed by atoms with E-state index in [9.17, 15) is 4.79 Å². The highest BCUT2D eigenvalue weighted by molar-refractivity contribution is 6.30. The summed E-state index contributed by atoms with van der Waals surface area (Å²) in [4.78, 5) is 11.0. The molecule has 16 heavy (non-hydrogen) atoms. The lowest BCUT2D eigenvalue weighted by Gasteiger charge is -2.04. The molecule has 1 aromatic rings. The van der Waals surface area contributed by atoms with Gasteiger partial charge in [-0.1, -0.05) is 23.7 Å². The summed E-state index contributed by atoms with van der Waals surface area (Å²) in [6, 6.07) is 6.00. The minimum Gasteiger partial charge on any atom is -0.433 e. The van der Waals surface area contributed by atoms with Crippen LogP contribution in [0.25, 0.3) is 6.08 Å². The molecule has 0 radical (unpaired) electrons. The second-order valence-electron chi connectivity index (χ2n) is 3.08. The molecular formula is C11H12ClNO3. The van der Waals surface area contributed by atoms with Crippen LogP contribution < -0.4 is 5.73 Å². The van der Waals surface area contributed by atoms with E-state index in [0.717, 1.165) is 5.56 Å². The summed E-state index contributed by atoms with van der Waals surface area (Å²) in [6.45, 7) is -0.437. The zero-order chi connectivity index (χ0) is 12.0. The van der Waals surface area contributed by atoms with E-state index >= 15 is 0 Å². The predicted molar refractivity (Wildman–Crippen MR) is 61.6 cm³/mol. The fraction of sp³-hybridized carbons (Fsp3) is 0.182. The molecule has 1 rings (SSSR count). The van der Waals surface area contributed by atoms with Gasteiger partial charge in [0.25, 0.3) is 0 Å². The van der Waals surface area contributed by atoms with E-state index in [-0.39, 0.29) is 0 Å². The van der Waals surface area contributed by atoms with Crippen molar-refractivity contribution in [2.24, 2.45) is 5.73 Å². The van der Waals surface area contributed by atoms with Crippen LogP contribution in [0.5, 0.6) is 0 Å². The molecule has 86 valence electrons. The van der Waals surface area contributed by atoms with Gasteiger partial charge in [0.1, 0.15) is 6.04 Å². The molecule has 0 fully saturated rings. The monoisotopic (exact) mass is 241 g/mol. The summed E-state index contributed by atoms with van der Waals surface area (Å²) in [7, 11) is 0. The van der Waals surface area contributed by atoms with Gasteiger partial charge in [-0.2, -0.15) is 0 Å². The third-order valence-corrected chi connectivity index (χ3v) is 2.07. The van der Waals surface area contributed by atoms with E-state index in [1.165, 1.54) is 6.26 Å². The number of esters is 1. The second kappa shape index (κ2) is 6.27. The standard InChI is InChI=1S/C11H12ClNO3/c12-9-3-1-8(2-4-9)5-6-16-11(15)10(13)7-14/h1-6,10,14H,7,13H2/t10-/m0/s1. The zero-order valence-electron chi connectivity index (χ0n) is 8.47. The molecule has 0 aliphatic rings. The fourth-order valence-corrected chi connectivity index (χ4v) is 1.04.